The number of unbranched alkanes of at least 4 members (excludes halogenated alkanes) is 10. The number of hydrogen-bond acceptors (Lipinski definition) is 16. The molecule has 0 aliphatic heterocycles. The van der Waals surface area contributed by atoms with Crippen LogP contribution in [-0.2, 0) is 80.0 Å². The van der Waals surface area contributed by atoms with E-state index in [9.17, 15) is 47.9 Å². The smallest absolute Gasteiger partial charge is 0.224 e. The predicted octanol–water partition coefficient (Wildman–Crippen LogP) is 20.7. The van der Waals surface area contributed by atoms with Crippen molar-refractivity contribution >= 4 is 104 Å². The molecule has 0 aromatic heterocycles. The number of rotatable bonds is 48. The van der Waals surface area contributed by atoms with Crippen molar-refractivity contribution in [2.24, 2.45) is 0 Å². The summed E-state index contributed by atoms with van der Waals surface area (Å²) in [6, 6.07) is 82.7. The Kier molecular flexibility index (Phi) is 48.3. The minimum Gasteiger partial charge on any atom is -0.496 e. The zero-order valence-electron chi connectivity index (χ0n) is 72.2. The number of ether oxygens (including phenoxy) is 3. The van der Waals surface area contributed by atoms with Crippen molar-refractivity contribution in [2.45, 2.75) is 193 Å². The van der Waals surface area contributed by atoms with Crippen LogP contribution in [0.5, 0.6) is 17.2 Å². The monoisotopic (exact) mass is 1680 g/mol. The van der Waals surface area contributed by atoms with E-state index in [1.165, 1.54) is 0 Å². The molecule has 11 N–H and O–H groups in total. The fraction of sp³-hybridized carbons (Fsp3) is 0.320. The minimum absolute atomic E-state index is 0.00158. The summed E-state index contributed by atoms with van der Waals surface area (Å²) in [6.07, 6.45) is 19.4. The summed E-state index contributed by atoms with van der Waals surface area (Å²) in [5.41, 5.74) is 28.0. The number of amides is 5. The van der Waals surface area contributed by atoms with Gasteiger partial charge in [0.2, 0.25) is 29.5 Å². The maximum atomic E-state index is 12.1. The highest BCUT2D eigenvalue weighted by Crippen LogP contribution is 2.27. The molecule has 10 aromatic rings. The molecule has 5 amide bonds. The van der Waals surface area contributed by atoms with Gasteiger partial charge in [-0.1, -0.05) is 214 Å². The molecule has 0 radical (unpaired) electrons. The zero-order valence-corrected chi connectivity index (χ0v) is 72.2. The Bertz CT molecular complexity index is 4740. The van der Waals surface area contributed by atoms with Gasteiger partial charge in [0, 0.05) is 136 Å². The fourth-order valence-electron chi connectivity index (χ4n) is 13.1. The van der Waals surface area contributed by atoms with Gasteiger partial charge >= 0.3 is 0 Å². The Morgan fingerprint density at radius 1 is 0.218 bits per heavy atom. The molecule has 0 aliphatic rings. The Morgan fingerprint density at radius 3 is 0.750 bits per heavy atom. The van der Waals surface area contributed by atoms with Crippen molar-refractivity contribution in [3.63, 3.8) is 0 Å². The van der Waals surface area contributed by atoms with E-state index in [1.54, 1.807) is 27.4 Å². The number of hydrogen-bond donors (Lipinski definition) is 8. The third-order valence-corrected chi connectivity index (χ3v) is 19.9. The number of ketones is 5. The Labute approximate surface area is 731 Å². The summed E-state index contributed by atoms with van der Waals surface area (Å²) in [5, 5.41) is 14.3. The van der Waals surface area contributed by atoms with E-state index in [0.29, 0.717) is 136 Å². The first-order chi connectivity index (χ1) is 60.3. The quantitative estimate of drug-likeness (QED) is 0.0130. The normalized spacial score (nSPS) is 10.3. The van der Waals surface area contributed by atoms with Crippen molar-refractivity contribution in [1.82, 2.24) is 0 Å². The lowest BCUT2D eigenvalue weighted by Crippen LogP contribution is -2.12. The molecule has 10 rings (SSSR count). The number of nitrogens with one attached hydrogen (secondary N) is 5. The lowest BCUT2D eigenvalue weighted by molar-refractivity contribution is -0.119. The van der Waals surface area contributed by atoms with Gasteiger partial charge in [-0.3, -0.25) is 47.9 Å². The van der Waals surface area contributed by atoms with E-state index >= 15 is 0 Å². The van der Waals surface area contributed by atoms with Gasteiger partial charge in [0.1, 0.15) is 46.2 Å². The van der Waals surface area contributed by atoms with Gasteiger partial charge in [0.25, 0.3) is 0 Å². The number of anilines is 8. The number of benzene rings is 10. The highest BCUT2D eigenvalue weighted by molar-refractivity contribution is 5.94. The van der Waals surface area contributed by atoms with Crippen molar-refractivity contribution in [1.29, 1.82) is 0 Å². The second kappa shape index (κ2) is 60.2. The largest absolute Gasteiger partial charge is 0.496 e. The SMILES string of the molecule is COc1ccccc1CC(=O)CCCCCC(=O)Cc1ccccc1N.COc1ccccc1NC(=O)CCCCCC(=O)Nc1ccccc1.COc1ccccc1NC(=O)CCCCCCC(=O)Nc1ccccc1.Nc1ccccc1CC(=O)CCCCCC(=O)Cc1ccccc1N.O=C(CCCCC(=O)Nc1ccccc1)Cc1ccccc1. The first-order valence-electron chi connectivity index (χ1n) is 42.9. The van der Waals surface area contributed by atoms with Gasteiger partial charge in [-0.2, -0.15) is 0 Å². The van der Waals surface area contributed by atoms with Crippen molar-refractivity contribution in [3.8, 4) is 17.2 Å². The zero-order chi connectivity index (χ0) is 89.0. The topological polar surface area (TPSA) is 337 Å². The summed E-state index contributed by atoms with van der Waals surface area (Å²) in [6.45, 7) is 0. The summed E-state index contributed by atoms with van der Waals surface area (Å²) in [4.78, 5) is 119. The van der Waals surface area contributed by atoms with Crippen LogP contribution in [0.1, 0.15) is 188 Å². The van der Waals surface area contributed by atoms with E-state index in [4.69, 9.17) is 31.4 Å². The van der Waals surface area contributed by atoms with Crippen LogP contribution in [0.4, 0.5) is 45.5 Å². The first-order valence-corrected chi connectivity index (χ1v) is 42.9. The van der Waals surface area contributed by atoms with Crippen LogP contribution in [-0.4, -0.2) is 79.8 Å². The molecule has 124 heavy (non-hydrogen) atoms. The second-order valence-corrected chi connectivity index (χ2v) is 30.0. The minimum atomic E-state index is -0.0433. The first kappa shape index (κ1) is 99.5. The van der Waals surface area contributed by atoms with Crippen molar-refractivity contribution in [2.75, 3.05) is 65.1 Å². The maximum absolute atomic E-state index is 12.1. The average Bonchev–Trinajstić information content (AvgIpc) is 0.896. The van der Waals surface area contributed by atoms with Gasteiger partial charge < -0.3 is 58.0 Å². The molecule has 0 bridgehead atoms. The summed E-state index contributed by atoms with van der Waals surface area (Å²) in [5.74, 6) is 3.06. The molecule has 21 nitrogen and oxygen atoms in total. The summed E-state index contributed by atoms with van der Waals surface area (Å²) >= 11 is 0. The van der Waals surface area contributed by atoms with Gasteiger partial charge in [-0.05, 0) is 171 Å². The Hall–Kier alpha value is -13.3. The third-order valence-electron chi connectivity index (χ3n) is 19.9. The van der Waals surface area contributed by atoms with Crippen LogP contribution in [0.2, 0.25) is 0 Å². The van der Waals surface area contributed by atoms with E-state index in [0.717, 1.165) is 147 Å². The predicted molar refractivity (Wildman–Crippen MR) is 499 cm³/mol. The molecule has 0 spiro atoms. The molecule has 10 aromatic carbocycles. The third kappa shape index (κ3) is 43.3. The highest BCUT2D eigenvalue weighted by Gasteiger charge is 2.15. The molecule has 654 valence electrons. The molecule has 0 saturated carbocycles. The van der Waals surface area contributed by atoms with Crippen molar-refractivity contribution in [3.05, 3.63) is 295 Å². The van der Waals surface area contributed by atoms with E-state index in [1.807, 2.05) is 261 Å². The summed E-state index contributed by atoms with van der Waals surface area (Å²) in [7, 11) is 4.77. The van der Waals surface area contributed by atoms with Crippen molar-refractivity contribution < 1.29 is 62.2 Å². The molecular weight excluding hydrogens is 1560 g/mol. The number of carbonyl (C=O) groups excluding carboxylic acids is 10. The molecule has 21 heteroatoms. The van der Waals surface area contributed by atoms with E-state index < -0.39 is 0 Å². The molecule has 0 heterocycles. The standard InChI is InChI=1S/C22H27NO3.C21H26N2O3.C21H26N2O2.C20H24N2O3.C19H21NO2/c1-26-22-14-8-6-10-18(22)16-20(25)12-4-2-3-11-19(24)15-17-9-5-7-13-21(17)23;1-26-19-14-10-9-13-18(19)23-21(25)16-8-3-2-7-15-20(24)22-17-11-5-4-6-12-17;22-20-12-6-4-8-16(20)14-18(24)10-2-1-3-11-19(25)15-17-9-5-7-13-21(17)23;1-25-18-13-9-8-12-17(18)22-20(24)15-7-3-6-14-19(23)21-16-10-4-2-5-11-16;21-18(15-16-9-3-1-4-10-16)13-7-8-14-19(22)20-17-11-5-2-6-12-17/h5-10,13-14H,2-4,11-12,15-16,23H2,1H3;4-6,9-14H,2-3,7-8,15-16H2,1H3,(H,22,24)(H,23,25);4-9,12-13H,1-3,10-11,14-15,22-23H2;2,4-5,8-13H,3,6-7,14-15H2,1H3,(H,21,23)(H,22,24);1-6,9-12H,7-8,13-15H2,(H,20,22). The van der Waals surface area contributed by atoms with Crippen LogP contribution in [0.15, 0.2) is 267 Å². The van der Waals surface area contributed by atoms with E-state index in [-0.39, 0.29) is 58.5 Å². The van der Waals surface area contributed by atoms with Crippen LogP contribution >= 0.6 is 0 Å². The Balaban J connectivity index is 0.000000240. The molecular formula is C103H124N8O13. The fourth-order valence-corrected chi connectivity index (χ4v) is 13.1. The number of carbonyl (C=O) groups is 10. The number of methoxy groups -OCH3 is 3. The second-order valence-electron chi connectivity index (χ2n) is 30.0. The van der Waals surface area contributed by atoms with Gasteiger partial charge in [-0.25, -0.2) is 0 Å². The number of nitrogens with two attached hydrogens (primary N) is 3. The van der Waals surface area contributed by atoms with Crippen LogP contribution in [0.3, 0.4) is 0 Å². The summed E-state index contributed by atoms with van der Waals surface area (Å²) < 4.78 is 15.7. The molecule has 0 aliphatic carbocycles. The molecule has 0 atom stereocenters. The van der Waals surface area contributed by atoms with Crippen LogP contribution < -0.4 is 58.0 Å². The number of nitrogen functional groups attached to an aromatic ring is 3. The van der Waals surface area contributed by atoms with Gasteiger partial charge in [0.05, 0.1) is 32.7 Å². The number of para-hydroxylation sites is 11. The average molecular weight is 1680 g/mol. The van der Waals surface area contributed by atoms with Gasteiger partial charge in [0.15, 0.2) is 0 Å². The lowest BCUT2D eigenvalue weighted by atomic mass is 10.0. The lowest BCUT2D eigenvalue weighted by Gasteiger charge is -2.09. The van der Waals surface area contributed by atoms with E-state index in [2.05, 4.69) is 26.6 Å². The molecule has 0 saturated heterocycles. The highest BCUT2D eigenvalue weighted by atomic mass is 16.5. The maximum Gasteiger partial charge on any atom is 0.224 e. The number of Topliss-reactive ketones (excluding diaryl/α,β-unsaturated/α-hetero) is 5. The Morgan fingerprint density at radius 2 is 0.435 bits per heavy atom. The molecule has 0 unspecified atom stereocenters. The van der Waals surface area contributed by atoms with Crippen LogP contribution in [0, 0.1) is 0 Å². The van der Waals surface area contributed by atoms with Gasteiger partial charge in [-0.15, -0.1) is 0 Å². The van der Waals surface area contributed by atoms with Crippen LogP contribution in [0.25, 0.3) is 0 Å². The molecule has 0 fully saturated rings.